The molecule has 3 rings (SSSR count). The predicted molar refractivity (Wildman–Crippen MR) is 94.9 cm³/mol. The van der Waals surface area contributed by atoms with Gasteiger partial charge in [-0.2, -0.15) is 0 Å². The smallest absolute Gasteiger partial charge is 0.406 e. The zero-order chi connectivity index (χ0) is 18.7. The van der Waals surface area contributed by atoms with Crippen LogP contribution in [0.1, 0.15) is 19.3 Å². The number of ether oxygens (including phenoxy) is 1. The second-order valence-corrected chi connectivity index (χ2v) is 6.43. The summed E-state index contributed by atoms with van der Waals surface area (Å²) in [5, 5.41) is 5.92. The molecule has 10 heteroatoms. The highest BCUT2D eigenvalue weighted by Crippen LogP contribution is 2.29. The van der Waals surface area contributed by atoms with Gasteiger partial charge in [-0.25, -0.2) is 0 Å². The van der Waals surface area contributed by atoms with Gasteiger partial charge in [-0.3, -0.25) is 9.59 Å². The number of nitrogens with one attached hydrogen (secondary N) is 2. The second-order valence-electron chi connectivity index (χ2n) is 6.43. The summed E-state index contributed by atoms with van der Waals surface area (Å²) in [5.74, 6) is -1.03. The number of nitrogens with zero attached hydrogens (tertiary/aromatic N) is 1. The number of carbonyl (C=O) groups is 2. The van der Waals surface area contributed by atoms with Gasteiger partial charge in [-0.05, 0) is 37.9 Å². The van der Waals surface area contributed by atoms with E-state index in [1.807, 2.05) is 0 Å². The van der Waals surface area contributed by atoms with E-state index in [1.165, 1.54) is 29.2 Å². The van der Waals surface area contributed by atoms with Crippen molar-refractivity contribution >= 4 is 29.9 Å². The van der Waals surface area contributed by atoms with Crippen LogP contribution in [0, 0.1) is 5.92 Å². The summed E-state index contributed by atoms with van der Waals surface area (Å²) in [6.45, 7) is 1.80. The van der Waals surface area contributed by atoms with Gasteiger partial charge in [-0.1, -0.05) is 6.07 Å². The van der Waals surface area contributed by atoms with E-state index >= 15 is 0 Å². The van der Waals surface area contributed by atoms with Crippen molar-refractivity contribution in [3.05, 3.63) is 24.3 Å². The van der Waals surface area contributed by atoms with Gasteiger partial charge in [0.2, 0.25) is 11.8 Å². The van der Waals surface area contributed by atoms with E-state index in [1.54, 1.807) is 0 Å². The lowest BCUT2D eigenvalue weighted by atomic mass is 9.98. The minimum atomic E-state index is -4.79. The van der Waals surface area contributed by atoms with E-state index in [-0.39, 0.29) is 35.9 Å². The number of piperidine rings is 1. The van der Waals surface area contributed by atoms with Gasteiger partial charge < -0.3 is 20.3 Å². The molecule has 2 heterocycles. The van der Waals surface area contributed by atoms with Crippen molar-refractivity contribution < 1.29 is 27.5 Å². The number of hydrogen-bond donors (Lipinski definition) is 2. The first-order valence-electron chi connectivity index (χ1n) is 8.52. The van der Waals surface area contributed by atoms with E-state index in [0.717, 1.165) is 19.4 Å². The predicted octanol–water partition coefficient (Wildman–Crippen LogP) is 2.23. The van der Waals surface area contributed by atoms with Crippen molar-refractivity contribution in [1.82, 2.24) is 10.6 Å². The Balaban J connectivity index is 0.00000261. The Hall–Kier alpha value is -2.00. The molecule has 2 fully saturated rings. The lowest BCUT2D eigenvalue weighted by Crippen LogP contribution is -2.47. The van der Waals surface area contributed by atoms with Crippen LogP contribution >= 0.6 is 12.4 Å². The zero-order valence-corrected chi connectivity index (χ0v) is 15.2. The minimum Gasteiger partial charge on any atom is -0.406 e. The number of benzene rings is 1. The zero-order valence-electron chi connectivity index (χ0n) is 14.4. The number of rotatable bonds is 4. The molecule has 2 aliphatic rings. The van der Waals surface area contributed by atoms with E-state index in [4.69, 9.17) is 0 Å². The molecule has 2 saturated heterocycles. The van der Waals surface area contributed by atoms with Crippen LogP contribution in [0.15, 0.2) is 24.3 Å². The van der Waals surface area contributed by atoms with Crippen LogP contribution in [0.3, 0.4) is 0 Å². The fraction of sp³-hybridized carbons (Fsp3) is 0.529. The largest absolute Gasteiger partial charge is 0.573 e. The first-order valence-corrected chi connectivity index (χ1v) is 8.52. The molecule has 1 aromatic rings. The van der Waals surface area contributed by atoms with Crippen LogP contribution in [-0.2, 0) is 9.59 Å². The van der Waals surface area contributed by atoms with Crippen LogP contribution < -0.4 is 20.3 Å². The molecule has 6 nitrogen and oxygen atoms in total. The maximum absolute atomic E-state index is 12.6. The van der Waals surface area contributed by atoms with Crippen LogP contribution in [0.5, 0.6) is 5.75 Å². The molecule has 0 bridgehead atoms. The van der Waals surface area contributed by atoms with Gasteiger partial charge in [-0.15, -0.1) is 25.6 Å². The molecule has 2 N–H and O–H groups in total. The molecule has 0 spiro atoms. The standard InChI is InChI=1S/C17H20F3N3O3.ClH/c18-17(19,20)26-13-5-1-4-12(9-13)23-8-6-14(16(23)25)22-15(24)11-3-2-7-21-10-11;/h1,4-5,9,11,14,21H,2-3,6-8,10H2,(H,22,24);1H. The molecule has 0 aromatic heterocycles. The molecular weight excluding hydrogens is 387 g/mol. The van der Waals surface area contributed by atoms with Crippen molar-refractivity contribution in [3.63, 3.8) is 0 Å². The first kappa shape index (κ1) is 21.3. The topological polar surface area (TPSA) is 70.7 Å². The number of carbonyl (C=O) groups excluding carboxylic acids is 2. The lowest BCUT2D eigenvalue weighted by Gasteiger charge is -2.23. The van der Waals surface area contributed by atoms with Crippen LogP contribution in [0.4, 0.5) is 18.9 Å². The van der Waals surface area contributed by atoms with E-state index in [2.05, 4.69) is 15.4 Å². The third-order valence-corrected chi connectivity index (χ3v) is 4.55. The first-order chi connectivity index (χ1) is 12.3. The van der Waals surface area contributed by atoms with Gasteiger partial charge in [0.25, 0.3) is 0 Å². The SMILES string of the molecule is Cl.O=C(NC1CCN(c2cccc(OC(F)(F)F)c2)C1=O)C1CCCNC1. The fourth-order valence-electron chi connectivity index (χ4n) is 3.28. The van der Waals surface area contributed by atoms with Gasteiger partial charge in [0.05, 0.1) is 5.92 Å². The van der Waals surface area contributed by atoms with Crippen LogP contribution in [0.25, 0.3) is 0 Å². The van der Waals surface area contributed by atoms with Gasteiger partial charge in [0.15, 0.2) is 0 Å². The van der Waals surface area contributed by atoms with Gasteiger partial charge in [0, 0.05) is 24.8 Å². The molecule has 1 aromatic carbocycles. The normalized spacial score (nSPS) is 22.9. The lowest BCUT2D eigenvalue weighted by molar-refractivity contribution is -0.274. The Morgan fingerprint density at radius 1 is 1.30 bits per heavy atom. The summed E-state index contributed by atoms with van der Waals surface area (Å²) in [4.78, 5) is 26.2. The summed E-state index contributed by atoms with van der Waals surface area (Å²) in [6, 6.07) is 4.62. The number of amides is 2. The number of hydrogen-bond acceptors (Lipinski definition) is 4. The third kappa shape index (κ3) is 5.49. The summed E-state index contributed by atoms with van der Waals surface area (Å²) in [5.41, 5.74) is 0.313. The van der Waals surface area contributed by atoms with E-state index in [9.17, 15) is 22.8 Å². The molecule has 2 amide bonds. The van der Waals surface area contributed by atoms with Gasteiger partial charge >= 0.3 is 6.36 Å². The molecule has 150 valence electrons. The average molecular weight is 408 g/mol. The third-order valence-electron chi connectivity index (χ3n) is 4.55. The van der Waals surface area contributed by atoms with Crippen molar-refractivity contribution in [3.8, 4) is 5.75 Å². The van der Waals surface area contributed by atoms with Crippen molar-refractivity contribution in [1.29, 1.82) is 0 Å². The minimum absolute atomic E-state index is 0. The second kappa shape index (κ2) is 8.79. The number of halogens is 4. The summed E-state index contributed by atoms with van der Waals surface area (Å²) in [6.07, 6.45) is -2.69. The van der Waals surface area contributed by atoms with Crippen LogP contribution in [0.2, 0.25) is 0 Å². The van der Waals surface area contributed by atoms with Gasteiger partial charge in [0.1, 0.15) is 11.8 Å². The monoisotopic (exact) mass is 407 g/mol. The molecule has 2 atom stereocenters. The highest BCUT2D eigenvalue weighted by atomic mass is 35.5. The molecule has 27 heavy (non-hydrogen) atoms. The Morgan fingerprint density at radius 3 is 2.74 bits per heavy atom. The Morgan fingerprint density at radius 2 is 2.07 bits per heavy atom. The summed E-state index contributed by atoms with van der Waals surface area (Å²) < 4.78 is 41.0. The highest BCUT2D eigenvalue weighted by Gasteiger charge is 2.36. The van der Waals surface area contributed by atoms with Crippen LogP contribution in [-0.4, -0.2) is 43.9 Å². The van der Waals surface area contributed by atoms with E-state index < -0.39 is 12.4 Å². The number of anilines is 1. The molecule has 2 unspecified atom stereocenters. The Bertz CT molecular complexity index is 681. The Kier molecular flexibility index (Phi) is 6.94. The van der Waals surface area contributed by atoms with E-state index in [0.29, 0.717) is 25.2 Å². The van der Waals surface area contributed by atoms with Crippen molar-refractivity contribution in [2.75, 3.05) is 24.5 Å². The van der Waals surface area contributed by atoms with Crippen molar-refractivity contribution in [2.24, 2.45) is 5.92 Å². The average Bonchev–Trinajstić information content (AvgIpc) is 2.95. The fourth-order valence-corrected chi connectivity index (χ4v) is 3.28. The van der Waals surface area contributed by atoms with Crippen molar-refractivity contribution in [2.45, 2.75) is 31.7 Å². The summed E-state index contributed by atoms with van der Waals surface area (Å²) in [7, 11) is 0. The molecule has 2 aliphatic heterocycles. The Labute approximate surface area is 160 Å². The molecule has 0 saturated carbocycles. The highest BCUT2D eigenvalue weighted by molar-refractivity contribution is 6.01. The molecule has 0 radical (unpaired) electrons. The summed E-state index contributed by atoms with van der Waals surface area (Å²) >= 11 is 0. The quantitative estimate of drug-likeness (QED) is 0.803. The maximum atomic E-state index is 12.6. The maximum Gasteiger partial charge on any atom is 0.573 e. The molecular formula is C17H21ClF3N3O3. The molecule has 0 aliphatic carbocycles. The number of alkyl halides is 3.